The molecule has 0 radical (unpaired) electrons. The zero-order valence-corrected chi connectivity index (χ0v) is 14.6. The molecule has 0 spiro atoms. The van der Waals surface area contributed by atoms with Crippen LogP contribution < -0.4 is 15.4 Å². The summed E-state index contributed by atoms with van der Waals surface area (Å²) in [7, 11) is 0. The third-order valence-electron chi connectivity index (χ3n) is 3.62. The van der Waals surface area contributed by atoms with Gasteiger partial charge in [-0.3, -0.25) is 9.78 Å². The quantitative estimate of drug-likeness (QED) is 0.655. The van der Waals surface area contributed by atoms with Crippen molar-refractivity contribution < 1.29 is 27.2 Å². The number of carbonyl (C=O) groups excluding carboxylic acids is 1. The number of ether oxygens (including phenoxy) is 1. The molecule has 2 aromatic heterocycles. The highest BCUT2D eigenvalue weighted by molar-refractivity contribution is 6.08. The maximum atomic E-state index is 12.6. The summed E-state index contributed by atoms with van der Waals surface area (Å²) in [6.07, 6.45) is -1.56. The Morgan fingerprint density at radius 3 is 2.68 bits per heavy atom. The second-order valence-corrected chi connectivity index (χ2v) is 5.71. The van der Waals surface area contributed by atoms with E-state index in [9.17, 15) is 18.0 Å². The van der Waals surface area contributed by atoms with Crippen molar-refractivity contribution in [2.75, 3.05) is 10.6 Å². The van der Waals surface area contributed by atoms with Gasteiger partial charge in [0.05, 0.1) is 5.69 Å². The van der Waals surface area contributed by atoms with Crippen molar-refractivity contribution in [1.29, 1.82) is 0 Å². The third-order valence-corrected chi connectivity index (χ3v) is 3.62. The molecular weight excluding hydrogens is 377 g/mol. The van der Waals surface area contributed by atoms with Crippen LogP contribution in [0.25, 0.3) is 0 Å². The number of aryl methyl sites for hydroxylation is 1. The van der Waals surface area contributed by atoms with Gasteiger partial charge >= 0.3 is 6.36 Å². The minimum Gasteiger partial charge on any atom is -0.406 e. The Hall–Kier alpha value is -3.56. The van der Waals surface area contributed by atoms with Gasteiger partial charge in [-0.05, 0) is 36.8 Å². The summed E-state index contributed by atoms with van der Waals surface area (Å²) in [4.78, 5) is 16.5. The summed E-state index contributed by atoms with van der Waals surface area (Å²) in [5, 5.41) is 9.26. The maximum absolute atomic E-state index is 12.6. The molecule has 146 valence electrons. The van der Waals surface area contributed by atoms with E-state index >= 15 is 0 Å². The Morgan fingerprint density at radius 1 is 1.21 bits per heavy atom. The molecule has 1 amide bonds. The zero-order valence-electron chi connectivity index (χ0n) is 14.6. The molecule has 3 rings (SSSR count). The Morgan fingerprint density at radius 2 is 1.96 bits per heavy atom. The van der Waals surface area contributed by atoms with Gasteiger partial charge in [0.25, 0.3) is 5.91 Å². The number of nitrogens with zero attached hydrogens (tertiary/aromatic N) is 2. The van der Waals surface area contributed by atoms with Crippen molar-refractivity contribution in [2.24, 2.45) is 0 Å². The smallest absolute Gasteiger partial charge is 0.406 e. The molecule has 7 nitrogen and oxygen atoms in total. The Labute approximate surface area is 157 Å². The number of halogens is 3. The normalized spacial score (nSPS) is 11.1. The van der Waals surface area contributed by atoms with E-state index in [-0.39, 0.29) is 17.1 Å². The number of anilines is 2. The van der Waals surface area contributed by atoms with Gasteiger partial charge in [0.15, 0.2) is 0 Å². The monoisotopic (exact) mass is 392 g/mol. The van der Waals surface area contributed by atoms with E-state index in [1.807, 2.05) is 0 Å². The first-order valence-corrected chi connectivity index (χ1v) is 8.08. The van der Waals surface area contributed by atoms with Gasteiger partial charge in [-0.15, -0.1) is 13.2 Å². The van der Waals surface area contributed by atoms with Gasteiger partial charge < -0.3 is 19.9 Å². The second-order valence-electron chi connectivity index (χ2n) is 5.71. The molecule has 0 bridgehead atoms. The van der Waals surface area contributed by atoms with Crippen molar-refractivity contribution in [3.8, 4) is 5.75 Å². The van der Waals surface area contributed by atoms with Crippen molar-refractivity contribution >= 4 is 17.5 Å². The van der Waals surface area contributed by atoms with E-state index in [1.54, 1.807) is 31.5 Å². The molecule has 28 heavy (non-hydrogen) atoms. The number of nitrogens with one attached hydrogen (secondary N) is 2. The third kappa shape index (κ3) is 5.00. The Bertz CT molecular complexity index is 958. The molecule has 0 fully saturated rings. The largest absolute Gasteiger partial charge is 0.573 e. The molecule has 0 aliphatic heterocycles. The lowest BCUT2D eigenvalue weighted by Crippen LogP contribution is -2.18. The van der Waals surface area contributed by atoms with Crippen LogP contribution >= 0.6 is 0 Å². The Balaban J connectivity index is 1.73. The average molecular weight is 392 g/mol. The number of amides is 1. The predicted molar refractivity (Wildman–Crippen MR) is 93.9 cm³/mol. The summed E-state index contributed by atoms with van der Waals surface area (Å²) in [5.41, 5.74) is 1.52. The van der Waals surface area contributed by atoms with Gasteiger partial charge in [-0.1, -0.05) is 11.2 Å². The van der Waals surface area contributed by atoms with E-state index in [2.05, 4.69) is 25.5 Å². The van der Waals surface area contributed by atoms with Gasteiger partial charge in [-0.2, -0.15) is 0 Å². The lowest BCUT2D eigenvalue weighted by Gasteiger charge is -2.11. The second kappa shape index (κ2) is 7.99. The van der Waals surface area contributed by atoms with Crippen LogP contribution in [0.15, 0.2) is 53.3 Å². The average Bonchev–Trinajstić information content (AvgIpc) is 3.00. The molecule has 0 aliphatic rings. The fourth-order valence-corrected chi connectivity index (χ4v) is 2.41. The number of pyridine rings is 1. The number of carbonyl (C=O) groups is 1. The number of aromatic nitrogens is 2. The van der Waals surface area contributed by atoms with Crippen molar-refractivity contribution in [1.82, 2.24) is 10.1 Å². The molecule has 0 saturated heterocycles. The number of alkyl halides is 3. The summed E-state index contributed by atoms with van der Waals surface area (Å²) in [6.45, 7) is 1.95. The molecule has 2 N–H and O–H groups in total. The van der Waals surface area contributed by atoms with E-state index in [4.69, 9.17) is 4.52 Å². The maximum Gasteiger partial charge on any atom is 0.573 e. The molecule has 0 aliphatic carbocycles. The lowest BCUT2D eigenvalue weighted by molar-refractivity contribution is -0.274. The van der Waals surface area contributed by atoms with Crippen LogP contribution in [-0.4, -0.2) is 22.4 Å². The van der Waals surface area contributed by atoms with Crippen LogP contribution in [0.2, 0.25) is 0 Å². The predicted octanol–water partition coefficient (Wildman–Crippen LogP) is 4.14. The van der Waals surface area contributed by atoms with Crippen molar-refractivity contribution in [3.63, 3.8) is 0 Å². The molecule has 0 unspecified atom stereocenters. The first-order valence-electron chi connectivity index (χ1n) is 8.08. The SMILES string of the molecule is Cc1noc(NCc2ccncc2)c1C(=O)Nc1cccc(OC(F)(F)F)c1. The van der Waals surface area contributed by atoms with Crippen LogP contribution in [0, 0.1) is 6.92 Å². The summed E-state index contributed by atoms with van der Waals surface area (Å²) >= 11 is 0. The van der Waals surface area contributed by atoms with Crippen molar-refractivity contribution in [2.45, 2.75) is 19.8 Å². The first kappa shape index (κ1) is 19.2. The molecule has 0 atom stereocenters. The molecule has 2 heterocycles. The summed E-state index contributed by atoms with van der Waals surface area (Å²) < 4.78 is 46.0. The van der Waals surface area contributed by atoms with E-state index in [1.165, 1.54) is 12.1 Å². The van der Waals surface area contributed by atoms with Gasteiger partial charge in [0.1, 0.15) is 11.3 Å². The number of hydrogen-bond donors (Lipinski definition) is 2. The first-order chi connectivity index (χ1) is 13.3. The van der Waals surface area contributed by atoms with Crippen molar-refractivity contribution in [3.05, 3.63) is 65.6 Å². The highest BCUT2D eigenvalue weighted by Gasteiger charge is 2.31. The van der Waals surface area contributed by atoms with E-state index in [0.29, 0.717) is 12.2 Å². The molecule has 0 saturated carbocycles. The minimum absolute atomic E-state index is 0.132. The van der Waals surface area contributed by atoms with Crippen LogP contribution in [-0.2, 0) is 6.54 Å². The van der Waals surface area contributed by atoms with Gasteiger partial charge in [-0.25, -0.2) is 0 Å². The number of benzene rings is 1. The molecule has 3 aromatic rings. The van der Waals surface area contributed by atoms with E-state index in [0.717, 1.165) is 17.7 Å². The molecule has 1 aromatic carbocycles. The van der Waals surface area contributed by atoms with Crippen LogP contribution in [0.3, 0.4) is 0 Å². The molecule has 10 heteroatoms. The topological polar surface area (TPSA) is 89.3 Å². The fraction of sp³-hybridized carbons (Fsp3) is 0.167. The highest BCUT2D eigenvalue weighted by Crippen LogP contribution is 2.26. The van der Waals surface area contributed by atoms with Crippen LogP contribution in [0.1, 0.15) is 21.6 Å². The fourth-order valence-electron chi connectivity index (χ4n) is 2.41. The molecular formula is C18H15F3N4O3. The zero-order chi connectivity index (χ0) is 20.1. The highest BCUT2D eigenvalue weighted by atomic mass is 19.4. The van der Waals surface area contributed by atoms with Crippen LogP contribution in [0.5, 0.6) is 5.75 Å². The van der Waals surface area contributed by atoms with Crippen LogP contribution in [0.4, 0.5) is 24.7 Å². The van der Waals surface area contributed by atoms with Gasteiger partial charge in [0.2, 0.25) is 5.88 Å². The van der Waals surface area contributed by atoms with Gasteiger partial charge in [0, 0.05) is 30.7 Å². The van der Waals surface area contributed by atoms with E-state index < -0.39 is 18.0 Å². The minimum atomic E-state index is -4.82. The summed E-state index contributed by atoms with van der Waals surface area (Å²) in [6, 6.07) is 8.56. The summed E-state index contributed by atoms with van der Waals surface area (Å²) in [5.74, 6) is -0.877. The number of rotatable bonds is 6. The Kier molecular flexibility index (Phi) is 5.48. The number of hydrogen-bond acceptors (Lipinski definition) is 6. The standard InChI is InChI=1S/C18H15F3N4O3/c1-11-15(17(28-25-11)23-10-12-5-7-22-8-6-12)16(26)24-13-3-2-4-14(9-13)27-18(19,20)21/h2-9,23H,10H2,1H3,(H,24,26). The lowest BCUT2D eigenvalue weighted by atomic mass is 10.2.